The maximum atomic E-state index is 10.8. The predicted molar refractivity (Wildman–Crippen MR) is 45.7 cm³/mol. The summed E-state index contributed by atoms with van der Waals surface area (Å²) in [5.74, 6) is -1.55. The Hall–Kier alpha value is -1.66. The number of nitrogens with one attached hydrogen (secondary N) is 1. The quantitative estimate of drug-likeness (QED) is 0.491. The highest BCUT2D eigenvalue weighted by Crippen LogP contribution is 2.12. The summed E-state index contributed by atoms with van der Waals surface area (Å²) in [5.41, 5.74) is -0.414. The molecule has 0 radical (unpaired) electrons. The van der Waals surface area contributed by atoms with Gasteiger partial charge in [0.15, 0.2) is 11.5 Å². The van der Waals surface area contributed by atoms with E-state index in [4.69, 9.17) is 10.2 Å². The Balaban J connectivity index is 2.94. The number of aliphatic hydroxyl groups excluding tert-OH is 2. The first-order valence-corrected chi connectivity index (χ1v) is 3.80. The summed E-state index contributed by atoms with van der Waals surface area (Å²) in [6.45, 7) is 0. The molecule has 14 heavy (non-hydrogen) atoms. The number of carboxylic acids is 1. The Morgan fingerprint density at radius 3 is 2.57 bits per heavy atom. The van der Waals surface area contributed by atoms with Crippen LogP contribution in [0.25, 0.3) is 0 Å². The van der Waals surface area contributed by atoms with E-state index in [2.05, 4.69) is 4.98 Å². The summed E-state index contributed by atoms with van der Waals surface area (Å²) in [7, 11) is 0. The van der Waals surface area contributed by atoms with Gasteiger partial charge in [-0.3, -0.25) is 4.79 Å². The lowest BCUT2D eigenvalue weighted by Gasteiger charge is -2.13. The number of aliphatic hydroxyl groups is 2. The van der Waals surface area contributed by atoms with Gasteiger partial charge in [-0.15, -0.1) is 0 Å². The van der Waals surface area contributed by atoms with Crippen molar-refractivity contribution in [1.82, 2.24) is 4.98 Å². The van der Waals surface area contributed by atoms with Gasteiger partial charge in [0, 0.05) is 18.3 Å². The van der Waals surface area contributed by atoms with Crippen LogP contribution in [-0.2, 0) is 4.79 Å². The molecule has 0 aromatic carbocycles. The van der Waals surface area contributed by atoms with E-state index in [-0.39, 0.29) is 11.1 Å². The first-order chi connectivity index (χ1) is 6.52. The van der Waals surface area contributed by atoms with Crippen LogP contribution >= 0.6 is 0 Å². The lowest BCUT2D eigenvalue weighted by Crippen LogP contribution is -2.28. The summed E-state index contributed by atoms with van der Waals surface area (Å²) >= 11 is 0. The van der Waals surface area contributed by atoms with E-state index in [1.807, 2.05) is 0 Å². The Kier molecular flexibility index (Phi) is 3.00. The van der Waals surface area contributed by atoms with Crippen molar-refractivity contribution in [3.05, 3.63) is 34.2 Å². The van der Waals surface area contributed by atoms with Crippen LogP contribution in [0.4, 0.5) is 0 Å². The van der Waals surface area contributed by atoms with Crippen LogP contribution in [0, 0.1) is 0 Å². The van der Waals surface area contributed by atoms with E-state index >= 15 is 0 Å². The zero-order valence-corrected chi connectivity index (χ0v) is 7.04. The minimum atomic E-state index is -1.95. The lowest BCUT2D eigenvalue weighted by molar-refractivity contribution is -0.153. The average molecular weight is 199 g/mol. The number of aromatic amines is 1. The number of carboxylic acid groups (broad SMARTS) is 1. The predicted octanol–water partition coefficient (Wildman–Crippen LogP) is -1.15. The normalized spacial score (nSPS) is 14.7. The van der Waals surface area contributed by atoms with E-state index < -0.39 is 18.2 Å². The molecule has 0 saturated heterocycles. The third kappa shape index (κ3) is 2.18. The van der Waals surface area contributed by atoms with Crippen LogP contribution in [0.2, 0.25) is 0 Å². The molecule has 0 aliphatic rings. The van der Waals surface area contributed by atoms with Gasteiger partial charge in [0.2, 0.25) is 0 Å². The molecule has 0 aliphatic heterocycles. The van der Waals surface area contributed by atoms with Crippen molar-refractivity contribution in [2.45, 2.75) is 12.2 Å². The molecule has 76 valence electrons. The van der Waals surface area contributed by atoms with Gasteiger partial charge in [0.05, 0.1) is 5.69 Å². The van der Waals surface area contributed by atoms with Gasteiger partial charge in [-0.05, 0) is 0 Å². The summed E-state index contributed by atoms with van der Waals surface area (Å²) in [6.07, 6.45) is -2.33. The molecule has 1 aromatic rings. The molecule has 2 atom stereocenters. The van der Waals surface area contributed by atoms with Crippen LogP contribution in [0.15, 0.2) is 23.1 Å². The third-order valence-electron chi connectivity index (χ3n) is 1.67. The minimum Gasteiger partial charge on any atom is -0.479 e. The van der Waals surface area contributed by atoms with Crippen molar-refractivity contribution in [2.75, 3.05) is 0 Å². The monoisotopic (exact) mass is 199 g/mol. The fourth-order valence-electron chi connectivity index (χ4n) is 0.939. The number of aromatic nitrogens is 1. The van der Waals surface area contributed by atoms with Crippen LogP contribution in [-0.4, -0.2) is 32.4 Å². The van der Waals surface area contributed by atoms with Gasteiger partial charge in [-0.1, -0.05) is 0 Å². The molecular formula is C8H9NO5. The topological polar surface area (TPSA) is 111 Å². The molecule has 0 spiro atoms. The SMILES string of the molecule is O=C(O)C(O)C(O)c1cc(=O)cc[nH]1. The average Bonchev–Trinajstić information content (AvgIpc) is 2.15. The Bertz CT molecular complexity index is 385. The van der Waals surface area contributed by atoms with Gasteiger partial charge in [0.1, 0.15) is 6.10 Å². The van der Waals surface area contributed by atoms with Crippen LogP contribution in [0.5, 0.6) is 0 Å². The highest BCUT2D eigenvalue weighted by molar-refractivity contribution is 5.72. The number of H-pyrrole nitrogens is 1. The van der Waals surface area contributed by atoms with E-state index in [1.54, 1.807) is 0 Å². The standard InChI is InChI=1S/C8H9NO5/c10-4-1-2-9-5(3-4)6(11)7(12)8(13)14/h1-3,6-7,11-12H,(H,9,10)(H,13,14). The number of hydrogen-bond acceptors (Lipinski definition) is 4. The van der Waals surface area contributed by atoms with E-state index in [0.717, 1.165) is 6.07 Å². The molecule has 0 saturated carbocycles. The van der Waals surface area contributed by atoms with Crippen LogP contribution in [0.1, 0.15) is 11.8 Å². The smallest absolute Gasteiger partial charge is 0.335 e. The molecule has 4 N–H and O–H groups in total. The highest BCUT2D eigenvalue weighted by Gasteiger charge is 2.25. The number of pyridine rings is 1. The van der Waals surface area contributed by atoms with Gasteiger partial charge in [0.25, 0.3) is 0 Å². The summed E-state index contributed by atoms with van der Waals surface area (Å²) in [4.78, 5) is 23.6. The molecule has 1 rings (SSSR count). The molecular weight excluding hydrogens is 190 g/mol. The van der Waals surface area contributed by atoms with Gasteiger partial charge >= 0.3 is 5.97 Å². The molecule has 1 aromatic heterocycles. The summed E-state index contributed by atoms with van der Waals surface area (Å²) < 4.78 is 0. The van der Waals surface area contributed by atoms with Crippen molar-refractivity contribution in [3.8, 4) is 0 Å². The van der Waals surface area contributed by atoms with Crippen molar-refractivity contribution >= 4 is 5.97 Å². The Labute approximate surface area is 78.5 Å². The summed E-state index contributed by atoms with van der Waals surface area (Å²) in [6, 6.07) is 2.24. The first kappa shape index (κ1) is 10.4. The van der Waals surface area contributed by atoms with Crippen molar-refractivity contribution in [2.24, 2.45) is 0 Å². The summed E-state index contributed by atoms with van der Waals surface area (Å²) in [5, 5.41) is 26.6. The van der Waals surface area contributed by atoms with Crippen molar-refractivity contribution < 1.29 is 20.1 Å². The zero-order chi connectivity index (χ0) is 10.7. The molecule has 0 fully saturated rings. The van der Waals surface area contributed by atoms with Crippen LogP contribution < -0.4 is 5.43 Å². The largest absolute Gasteiger partial charge is 0.479 e. The molecule has 6 nitrogen and oxygen atoms in total. The maximum Gasteiger partial charge on any atom is 0.335 e. The second-order valence-electron chi connectivity index (χ2n) is 2.71. The molecule has 1 heterocycles. The second-order valence-corrected chi connectivity index (χ2v) is 2.71. The highest BCUT2D eigenvalue weighted by atomic mass is 16.4. The molecule has 0 bridgehead atoms. The van der Waals surface area contributed by atoms with E-state index in [1.165, 1.54) is 12.3 Å². The number of carbonyl (C=O) groups is 1. The first-order valence-electron chi connectivity index (χ1n) is 3.80. The van der Waals surface area contributed by atoms with Gasteiger partial charge < -0.3 is 20.3 Å². The maximum absolute atomic E-state index is 10.8. The minimum absolute atomic E-state index is 0.0348. The van der Waals surface area contributed by atoms with E-state index in [0.29, 0.717) is 0 Å². The third-order valence-corrected chi connectivity index (χ3v) is 1.67. The molecule has 6 heteroatoms. The molecule has 2 unspecified atom stereocenters. The number of hydrogen-bond donors (Lipinski definition) is 4. The Morgan fingerprint density at radius 1 is 1.43 bits per heavy atom. The van der Waals surface area contributed by atoms with Crippen LogP contribution in [0.3, 0.4) is 0 Å². The molecule has 0 amide bonds. The van der Waals surface area contributed by atoms with Crippen molar-refractivity contribution in [1.29, 1.82) is 0 Å². The second kappa shape index (κ2) is 4.03. The van der Waals surface area contributed by atoms with E-state index in [9.17, 15) is 14.7 Å². The molecule has 0 aliphatic carbocycles. The zero-order valence-electron chi connectivity index (χ0n) is 7.04. The lowest BCUT2D eigenvalue weighted by atomic mass is 10.1. The fraction of sp³-hybridized carbons (Fsp3) is 0.250. The number of aliphatic carboxylic acids is 1. The fourth-order valence-corrected chi connectivity index (χ4v) is 0.939. The van der Waals surface area contributed by atoms with Gasteiger partial charge in [-0.2, -0.15) is 0 Å². The number of rotatable bonds is 3. The van der Waals surface area contributed by atoms with Gasteiger partial charge in [-0.25, -0.2) is 4.79 Å². The Morgan fingerprint density at radius 2 is 2.07 bits per heavy atom. The van der Waals surface area contributed by atoms with Crippen molar-refractivity contribution in [3.63, 3.8) is 0 Å².